The molecule has 2 saturated heterocycles. The monoisotopic (exact) mass is 371 g/mol. The molecule has 22 heavy (non-hydrogen) atoms. The van der Waals surface area contributed by atoms with Gasteiger partial charge in [-0.1, -0.05) is 0 Å². The van der Waals surface area contributed by atoms with Crippen molar-refractivity contribution >= 4 is 27.6 Å². The minimum Gasteiger partial charge on any atom is -0.506 e. The van der Waals surface area contributed by atoms with Crippen LogP contribution in [0.3, 0.4) is 0 Å². The maximum absolute atomic E-state index is 13.5. The Morgan fingerprint density at radius 2 is 2.18 bits per heavy atom. The highest BCUT2D eigenvalue weighted by molar-refractivity contribution is 9.10. The van der Waals surface area contributed by atoms with Crippen molar-refractivity contribution in [3.05, 3.63) is 28.0 Å². The van der Waals surface area contributed by atoms with E-state index in [0.29, 0.717) is 32.6 Å². The van der Waals surface area contributed by atoms with E-state index in [1.165, 1.54) is 0 Å². The van der Waals surface area contributed by atoms with Crippen LogP contribution in [0.15, 0.2) is 16.6 Å². The van der Waals surface area contributed by atoms with Gasteiger partial charge in [-0.05, 0) is 40.9 Å². The molecular weight excluding hydrogens is 357 g/mol. The fourth-order valence-electron chi connectivity index (χ4n) is 3.05. The van der Waals surface area contributed by atoms with Crippen LogP contribution >= 0.6 is 15.9 Å². The number of hydrogen-bond acceptors (Lipinski definition) is 4. The minimum absolute atomic E-state index is 0.0122. The molecular formula is C15H15BrFNO4. The zero-order valence-corrected chi connectivity index (χ0v) is 13.3. The summed E-state index contributed by atoms with van der Waals surface area (Å²) in [7, 11) is 0. The van der Waals surface area contributed by atoms with Crippen molar-refractivity contribution < 1.29 is 23.8 Å². The van der Waals surface area contributed by atoms with Gasteiger partial charge in [0.05, 0.1) is 29.3 Å². The molecule has 2 fully saturated rings. The molecule has 0 radical (unpaired) electrons. The van der Waals surface area contributed by atoms with Gasteiger partial charge in [0.25, 0.3) is 0 Å². The average Bonchev–Trinajstić information content (AvgIpc) is 2.51. The summed E-state index contributed by atoms with van der Waals surface area (Å²) in [6.07, 6.45) is 1.05. The number of morpholine rings is 1. The van der Waals surface area contributed by atoms with Crippen molar-refractivity contribution in [3.63, 3.8) is 0 Å². The van der Waals surface area contributed by atoms with E-state index in [1.807, 2.05) is 0 Å². The number of carbonyl (C=O) groups excluding carboxylic acids is 2. The Labute approximate surface area is 135 Å². The summed E-state index contributed by atoms with van der Waals surface area (Å²) in [5.41, 5.74) is -0.156. The lowest BCUT2D eigenvalue weighted by atomic mass is 9.85. The summed E-state index contributed by atoms with van der Waals surface area (Å²) in [6, 6.07) is 2.06. The average molecular weight is 372 g/mol. The normalized spacial score (nSPS) is 25.0. The third-order valence-electron chi connectivity index (χ3n) is 4.21. The van der Waals surface area contributed by atoms with Gasteiger partial charge in [-0.15, -0.1) is 0 Å². The number of phenols is 1. The Morgan fingerprint density at radius 1 is 1.41 bits per heavy atom. The molecule has 0 saturated carbocycles. The first kappa shape index (κ1) is 15.4. The quantitative estimate of drug-likeness (QED) is 0.638. The highest BCUT2D eigenvalue weighted by Gasteiger charge is 2.41. The summed E-state index contributed by atoms with van der Waals surface area (Å²) >= 11 is 3.01. The predicted molar refractivity (Wildman–Crippen MR) is 79.1 cm³/mol. The first-order valence-corrected chi connectivity index (χ1v) is 7.88. The van der Waals surface area contributed by atoms with Gasteiger partial charge < -0.3 is 14.7 Å². The van der Waals surface area contributed by atoms with Crippen molar-refractivity contribution in [3.8, 4) is 5.75 Å². The number of aromatic hydroxyl groups is 1. The zero-order chi connectivity index (χ0) is 15.9. The number of piperidine rings is 1. The number of carbonyl (C=O) groups is 2. The molecule has 2 aliphatic rings. The lowest BCUT2D eigenvalue weighted by Crippen LogP contribution is -2.55. The van der Waals surface area contributed by atoms with Gasteiger partial charge in [-0.3, -0.25) is 9.59 Å². The van der Waals surface area contributed by atoms with Crippen molar-refractivity contribution in [2.24, 2.45) is 5.92 Å². The standard InChI is InChI=1S/C15H15BrFNO4/c16-12-6-8(17)5-11(14(12)20)13(19)10-2-1-9-7-22-4-3-18(9)15(10)21/h5-6,9-10,20H,1-4,7H2/t9-,10?/m1/s1. The van der Waals surface area contributed by atoms with Gasteiger partial charge in [0.15, 0.2) is 5.78 Å². The first-order chi connectivity index (χ1) is 10.5. The Balaban J connectivity index is 1.88. The van der Waals surface area contributed by atoms with Crippen LogP contribution in [-0.4, -0.2) is 47.5 Å². The summed E-state index contributed by atoms with van der Waals surface area (Å²) < 4.78 is 18.9. The second-order valence-electron chi connectivity index (χ2n) is 5.54. The molecule has 0 spiro atoms. The molecule has 2 aliphatic heterocycles. The number of amides is 1. The number of benzene rings is 1. The van der Waals surface area contributed by atoms with Gasteiger partial charge in [0, 0.05) is 6.54 Å². The van der Waals surface area contributed by atoms with E-state index >= 15 is 0 Å². The number of nitrogens with zero attached hydrogens (tertiary/aromatic N) is 1. The molecule has 1 amide bonds. The molecule has 118 valence electrons. The summed E-state index contributed by atoms with van der Waals surface area (Å²) in [6.45, 7) is 1.41. The summed E-state index contributed by atoms with van der Waals surface area (Å²) in [5, 5.41) is 9.96. The van der Waals surface area contributed by atoms with E-state index in [2.05, 4.69) is 15.9 Å². The van der Waals surface area contributed by atoms with Crippen LogP contribution in [0, 0.1) is 11.7 Å². The van der Waals surface area contributed by atoms with E-state index < -0.39 is 17.5 Å². The number of ketones is 1. The molecule has 1 aromatic carbocycles. The summed E-state index contributed by atoms with van der Waals surface area (Å²) in [5.74, 6) is -2.63. The van der Waals surface area contributed by atoms with Crippen molar-refractivity contribution in [2.75, 3.05) is 19.8 Å². The van der Waals surface area contributed by atoms with Crippen LogP contribution in [-0.2, 0) is 9.53 Å². The predicted octanol–water partition coefficient (Wildman–Crippen LogP) is 2.11. The lowest BCUT2D eigenvalue weighted by Gasteiger charge is -2.41. The molecule has 1 N–H and O–H groups in total. The fraction of sp³-hybridized carbons (Fsp3) is 0.467. The molecule has 0 bridgehead atoms. The van der Waals surface area contributed by atoms with Crippen LogP contribution in [0.25, 0.3) is 0 Å². The Morgan fingerprint density at radius 3 is 2.95 bits per heavy atom. The first-order valence-electron chi connectivity index (χ1n) is 7.09. The number of phenolic OH excluding ortho intramolecular Hbond substituents is 1. The largest absolute Gasteiger partial charge is 0.506 e. The van der Waals surface area contributed by atoms with Gasteiger partial charge in [-0.2, -0.15) is 0 Å². The molecule has 7 heteroatoms. The highest BCUT2D eigenvalue weighted by atomic mass is 79.9. The van der Waals surface area contributed by atoms with E-state index in [9.17, 15) is 19.1 Å². The molecule has 1 unspecified atom stereocenters. The number of ether oxygens (including phenoxy) is 1. The Hall–Kier alpha value is -1.47. The van der Waals surface area contributed by atoms with Crippen LogP contribution in [0.4, 0.5) is 4.39 Å². The molecule has 3 rings (SSSR count). The van der Waals surface area contributed by atoms with Crippen molar-refractivity contribution in [2.45, 2.75) is 18.9 Å². The van der Waals surface area contributed by atoms with E-state index in [-0.39, 0.29) is 27.7 Å². The molecule has 0 aromatic heterocycles. The topological polar surface area (TPSA) is 66.8 Å². The summed E-state index contributed by atoms with van der Waals surface area (Å²) in [4.78, 5) is 26.8. The van der Waals surface area contributed by atoms with Crippen molar-refractivity contribution in [1.82, 2.24) is 4.90 Å². The number of hydrogen-bond donors (Lipinski definition) is 1. The van der Waals surface area contributed by atoms with E-state index in [0.717, 1.165) is 12.1 Å². The van der Waals surface area contributed by atoms with Gasteiger partial charge in [0.1, 0.15) is 17.5 Å². The van der Waals surface area contributed by atoms with Crippen LogP contribution < -0.4 is 0 Å². The SMILES string of the molecule is O=C(c1cc(F)cc(Br)c1O)C1CC[C@@H]2COCCN2C1=O. The molecule has 1 aromatic rings. The van der Waals surface area contributed by atoms with Crippen LogP contribution in [0.2, 0.25) is 0 Å². The number of fused-ring (bicyclic) bond motifs is 1. The van der Waals surface area contributed by atoms with E-state index in [4.69, 9.17) is 4.74 Å². The molecule has 0 aliphatic carbocycles. The highest BCUT2D eigenvalue weighted by Crippen LogP contribution is 2.34. The van der Waals surface area contributed by atoms with Gasteiger partial charge >= 0.3 is 0 Å². The maximum Gasteiger partial charge on any atom is 0.233 e. The fourth-order valence-corrected chi connectivity index (χ4v) is 3.48. The van der Waals surface area contributed by atoms with Crippen LogP contribution in [0.5, 0.6) is 5.75 Å². The minimum atomic E-state index is -0.867. The van der Waals surface area contributed by atoms with Crippen LogP contribution in [0.1, 0.15) is 23.2 Å². The third kappa shape index (κ3) is 2.63. The number of halogens is 2. The number of Topliss-reactive ketones (excluding diaryl/α,β-unsaturated/α-hetero) is 1. The molecule has 2 heterocycles. The second kappa shape index (κ2) is 5.96. The number of rotatable bonds is 2. The molecule has 5 nitrogen and oxygen atoms in total. The lowest BCUT2D eigenvalue weighted by molar-refractivity contribution is -0.147. The third-order valence-corrected chi connectivity index (χ3v) is 4.81. The van der Waals surface area contributed by atoms with Gasteiger partial charge in [0.2, 0.25) is 5.91 Å². The van der Waals surface area contributed by atoms with E-state index in [1.54, 1.807) is 4.90 Å². The van der Waals surface area contributed by atoms with Gasteiger partial charge in [-0.25, -0.2) is 4.39 Å². The second-order valence-corrected chi connectivity index (χ2v) is 6.39. The smallest absolute Gasteiger partial charge is 0.233 e. The maximum atomic E-state index is 13.5. The Bertz CT molecular complexity index is 636. The zero-order valence-electron chi connectivity index (χ0n) is 11.7. The van der Waals surface area contributed by atoms with Crippen molar-refractivity contribution in [1.29, 1.82) is 0 Å². The molecule has 2 atom stereocenters. The Kier molecular flexibility index (Phi) is 4.18.